The fraction of sp³-hybridized carbons (Fsp3) is 0.296. The third kappa shape index (κ3) is 16.4. The van der Waals surface area contributed by atoms with Crippen molar-refractivity contribution in [1.29, 1.82) is 0 Å². The quantitative estimate of drug-likeness (QED) is 0.0239. The van der Waals surface area contributed by atoms with Crippen LogP contribution in [-0.4, -0.2) is 69.6 Å². The minimum Gasteiger partial charge on any atom is -0.476 e. The summed E-state index contributed by atoms with van der Waals surface area (Å²) in [5.74, 6) is -8.98. The first-order valence-electron chi connectivity index (χ1n) is 25.3. The van der Waals surface area contributed by atoms with E-state index in [4.69, 9.17) is 56.3 Å². The highest BCUT2D eigenvalue weighted by molar-refractivity contribution is 6.55. The molecule has 0 heterocycles. The van der Waals surface area contributed by atoms with Crippen LogP contribution < -0.4 is 40.4 Å². The van der Waals surface area contributed by atoms with Gasteiger partial charge in [0, 0.05) is 85.7 Å². The van der Waals surface area contributed by atoms with Crippen molar-refractivity contribution >= 4 is 52.7 Å². The van der Waals surface area contributed by atoms with Gasteiger partial charge in [-0.25, -0.2) is 0 Å². The number of benzene rings is 6. The molecule has 0 spiro atoms. The summed E-state index contributed by atoms with van der Waals surface area (Å²) in [6.45, 7) is 7.81. The number of alkyl halides is 12. The average Bonchev–Trinajstić information content (AvgIpc) is 1.70. The van der Waals surface area contributed by atoms with Gasteiger partial charge in [-0.05, 0) is 150 Å². The average molecular weight is 1240 g/mol. The Morgan fingerprint density at radius 3 is 0.893 bits per heavy atom. The molecule has 0 saturated heterocycles. The van der Waals surface area contributed by atoms with Gasteiger partial charge >= 0.3 is 42.8 Å². The summed E-state index contributed by atoms with van der Waals surface area (Å²) in [7, 11) is -8.95. The fourth-order valence-electron chi connectivity index (χ4n) is 7.81. The summed E-state index contributed by atoms with van der Waals surface area (Å²) < 4.78 is 242. The van der Waals surface area contributed by atoms with Crippen LogP contribution >= 0.6 is 0 Å². The molecule has 0 fully saturated rings. The number of nitrogens with two attached hydrogens (primary N) is 2. The van der Waals surface area contributed by atoms with Gasteiger partial charge < -0.3 is 67.0 Å². The molecule has 0 unspecified atom stereocenters. The second kappa shape index (κ2) is 27.0. The first kappa shape index (κ1) is 65.6. The monoisotopic (exact) mass is 1230 g/mol. The number of amides is 2. The third-order valence-electron chi connectivity index (χ3n) is 11.3. The highest BCUT2D eigenvalue weighted by Gasteiger charge is 2.51. The van der Waals surface area contributed by atoms with Crippen LogP contribution in [0, 0.1) is 0 Å². The Hall–Kier alpha value is -7.59. The van der Waals surface area contributed by atoms with Crippen LogP contribution in [0.1, 0.15) is 84.5 Å². The van der Waals surface area contributed by atoms with Crippen molar-refractivity contribution in [2.75, 3.05) is 61.7 Å². The van der Waals surface area contributed by atoms with Crippen LogP contribution in [0.25, 0.3) is 11.1 Å². The standard InChI is InChI=1S/C54H54F12N4O12Si2/c1-7-73-83(74-8-2,75-9-3)81-45-29-37(69-49(71)31-13-17-35(67)18-14-31)21-23-43(45)79-47-39(51(55,56)57)25-33(26-40(47)52(58,59)60)34-27-41(53(61,62)63)48(42(28-34)54(64,65)66)80-44-24-22-38(70-50(72)32-15-19-36(68)20-16-32)30-46(44)82-84(76-10-4,77-11-5)78-12-6/h13-30H,7-12,67-68H2,1-6H3,(H,69,71)(H,70,72). The number of carbonyl (C=O) groups excluding carboxylic acids is 2. The molecule has 0 aliphatic rings. The van der Waals surface area contributed by atoms with Gasteiger partial charge in [0.15, 0.2) is 34.5 Å². The number of carbonyl (C=O) groups is 2. The number of ether oxygens (including phenoxy) is 2. The van der Waals surface area contributed by atoms with E-state index in [9.17, 15) is 9.59 Å². The number of hydrogen-bond donors (Lipinski definition) is 4. The summed E-state index contributed by atoms with van der Waals surface area (Å²) in [4.78, 5) is 26.4. The van der Waals surface area contributed by atoms with Crippen molar-refractivity contribution in [3.8, 4) is 45.6 Å². The van der Waals surface area contributed by atoms with Crippen molar-refractivity contribution in [3.63, 3.8) is 0 Å². The zero-order chi connectivity index (χ0) is 62.0. The fourth-order valence-corrected chi connectivity index (χ4v) is 11.6. The molecule has 0 saturated carbocycles. The molecule has 0 aromatic heterocycles. The van der Waals surface area contributed by atoms with Crippen LogP contribution in [-0.2, 0) is 51.3 Å². The predicted molar refractivity (Wildman–Crippen MR) is 285 cm³/mol. The molecule has 84 heavy (non-hydrogen) atoms. The summed E-state index contributed by atoms with van der Waals surface area (Å²) in [6.07, 6.45) is -23.7. The number of hydrogen-bond acceptors (Lipinski definition) is 14. The van der Waals surface area contributed by atoms with Gasteiger partial charge in [0.2, 0.25) is 0 Å². The van der Waals surface area contributed by atoms with Crippen molar-refractivity contribution in [3.05, 3.63) is 143 Å². The molecule has 0 aliphatic carbocycles. The van der Waals surface area contributed by atoms with Gasteiger partial charge in [-0.3, -0.25) is 9.59 Å². The number of rotatable bonds is 25. The lowest BCUT2D eigenvalue weighted by Crippen LogP contribution is -2.52. The van der Waals surface area contributed by atoms with E-state index < -0.39 is 122 Å². The van der Waals surface area contributed by atoms with Gasteiger partial charge in [0.1, 0.15) is 0 Å². The molecular weight excluding hydrogens is 1180 g/mol. The molecule has 6 rings (SSSR count). The van der Waals surface area contributed by atoms with Gasteiger partial charge in [-0.1, -0.05) is 0 Å². The lowest BCUT2D eigenvalue weighted by atomic mass is 9.94. The van der Waals surface area contributed by atoms with E-state index in [1.54, 1.807) is 0 Å². The summed E-state index contributed by atoms with van der Waals surface area (Å²) in [5, 5.41) is 4.97. The lowest BCUT2D eigenvalue weighted by molar-refractivity contribution is -0.146. The Morgan fingerprint density at radius 1 is 0.393 bits per heavy atom. The van der Waals surface area contributed by atoms with E-state index >= 15 is 52.7 Å². The van der Waals surface area contributed by atoms with E-state index in [0.29, 0.717) is 11.4 Å². The molecular formula is C54H54F12N4O12Si2. The normalized spacial score (nSPS) is 12.5. The van der Waals surface area contributed by atoms with Gasteiger partial charge in [-0.2, -0.15) is 52.7 Å². The topological polar surface area (TPSA) is 203 Å². The Morgan fingerprint density at radius 2 is 0.655 bits per heavy atom. The maximum Gasteiger partial charge on any atom is 0.749 e. The number of halogens is 12. The highest BCUT2D eigenvalue weighted by atomic mass is 28.4. The first-order chi connectivity index (χ1) is 39.4. The van der Waals surface area contributed by atoms with Crippen molar-refractivity contribution in [2.24, 2.45) is 0 Å². The largest absolute Gasteiger partial charge is 0.749 e. The Bertz CT molecular complexity index is 2940. The second-order valence-corrected chi connectivity index (χ2v) is 21.4. The minimum atomic E-state index is -5.91. The Labute approximate surface area is 474 Å². The summed E-state index contributed by atoms with van der Waals surface area (Å²) in [6, 6.07) is 15.8. The highest BCUT2D eigenvalue weighted by Crippen LogP contribution is 2.53. The molecule has 0 atom stereocenters. The zero-order valence-corrected chi connectivity index (χ0v) is 47.2. The van der Waals surface area contributed by atoms with Gasteiger partial charge in [0.25, 0.3) is 11.8 Å². The molecule has 0 radical (unpaired) electrons. The predicted octanol–water partition coefficient (Wildman–Crippen LogP) is 14.5. The zero-order valence-electron chi connectivity index (χ0n) is 45.2. The van der Waals surface area contributed by atoms with E-state index in [-0.39, 0.29) is 86.4 Å². The van der Waals surface area contributed by atoms with Crippen molar-refractivity contribution < 1.29 is 107 Å². The third-order valence-corrected chi connectivity index (χ3v) is 16.1. The molecule has 0 aliphatic heterocycles. The maximum atomic E-state index is 15.4. The van der Waals surface area contributed by atoms with Crippen LogP contribution in [0.15, 0.2) is 109 Å². The molecule has 6 aromatic carbocycles. The van der Waals surface area contributed by atoms with E-state index in [1.165, 1.54) is 90.1 Å². The SMILES string of the molecule is CCO[Si](OCC)(OCC)Oc1cc(NC(=O)c2ccc(N)cc2)ccc1Oc1c(C(F)(F)F)cc(-c2cc(C(F)(F)F)c(Oc3ccc(NC(=O)c4ccc(N)cc4)cc3O[Si](OCC)(OCC)OCC)c(C(F)(F)F)c2)cc1C(F)(F)F. The molecule has 2 amide bonds. The molecule has 6 N–H and O–H groups in total. The summed E-state index contributed by atoms with van der Waals surface area (Å²) in [5.41, 5.74) is -0.545. The van der Waals surface area contributed by atoms with E-state index in [2.05, 4.69) is 10.6 Å². The van der Waals surface area contributed by atoms with Gasteiger partial charge in [0.05, 0.1) is 22.3 Å². The lowest BCUT2D eigenvalue weighted by Gasteiger charge is -2.29. The van der Waals surface area contributed by atoms with E-state index in [1.807, 2.05) is 0 Å². The molecule has 454 valence electrons. The van der Waals surface area contributed by atoms with Crippen molar-refractivity contribution in [2.45, 2.75) is 66.2 Å². The molecule has 30 heteroatoms. The van der Waals surface area contributed by atoms with E-state index in [0.717, 1.165) is 36.4 Å². The molecule has 6 aromatic rings. The maximum absolute atomic E-state index is 15.4. The number of nitrogen functional groups attached to an aromatic ring is 2. The first-order valence-corrected chi connectivity index (χ1v) is 28.5. The molecule has 16 nitrogen and oxygen atoms in total. The Kier molecular flexibility index (Phi) is 21.1. The van der Waals surface area contributed by atoms with Crippen LogP contribution in [0.4, 0.5) is 75.4 Å². The van der Waals surface area contributed by atoms with Crippen LogP contribution in [0.2, 0.25) is 0 Å². The van der Waals surface area contributed by atoms with Crippen LogP contribution in [0.3, 0.4) is 0 Å². The number of anilines is 4. The number of nitrogens with one attached hydrogen (secondary N) is 2. The second-order valence-electron chi connectivity index (χ2n) is 17.3. The summed E-state index contributed by atoms with van der Waals surface area (Å²) >= 11 is 0. The Balaban J connectivity index is 1.56. The van der Waals surface area contributed by atoms with Crippen LogP contribution in [0.5, 0.6) is 34.5 Å². The van der Waals surface area contributed by atoms with Gasteiger partial charge in [-0.15, -0.1) is 0 Å². The minimum absolute atomic E-state index is 0.0558. The molecule has 0 bridgehead atoms. The smallest absolute Gasteiger partial charge is 0.476 e. The van der Waals surface area contributed by atoms with Crippen molar-refractivity contribution in [1.82, 2.24) is 0 Å².